The van der Waals surface area contributed by atoms with Crippen molar-refractivity contribution < 1.29 is 9.59 Å². The van der Waals surface area contributed by atoms with Gasteiger partial charge >= 0.3 is 0 Å². The summed E-state index contributed by atoms with van der Waals surface area (Å²) in [6.07, 6.45) is 5.65. The molecule has 1 aliphatic carbocycles. The van der Waals surface area contributed by atoms with E-state index < -0.39 is 0 Å². The average molecular weight is 362 g/mol. The lowest BCUT2D eigenvalue weighted by atomic mass is 10.1. The van der Waals surface area contributed by atoms with Gasteiger partial charge in [0.25, 0.3) is 0 Å². The minimum absolute atomic E-state index is 0.124. The number of amides is 2. The van der Waals surface area contributed by atoms with E-state index in [4.69, 9.17) is 5.73 Å². The maximum atomic E-state index is 12.6. The van der Waals surface area contributed by atoms with Crippen LogP contribution in [0.5, 0.6) is 0 Å². The number of nitrogens with two attached hydrogens (primary N) is 1. The Labute approximate surface area is 158 Å². The average Bonchev–Trinajstić information content (AvgIpc) is 3.26. The molecule has 1 saturated carbocycles. The highest BCUT2D eigenvalue weighted by atomic mass is 16.2. The van der Waals surface area contributed by atoms with Gasteiger partial charge < -0.3 is 16.0 Å². The van der Waals surface area contributed by atoms with Crippen molar-refractivity contribution in [1.29, 1.82) is 0 Å². The van der Waals surface area contributed by atoms with E-state index >= 15 is 0 Å². The summed E-state index contributed by atoms with van der Waals surface area (Å²) in [4.78, 5) is 30.3. The van der Waals surface area contributed by atoms with Gasteiger partial charge in [-0.15, -0.1) is 0 Å². The Morgan fingerprint density at radius 2 is 2.07 bits per heavy atom. The predicted molar refractivity (Wildman–Crippen MR) is 105 cm³/mol. The first kappa shape index (κ1) is 17.3. The van der Waals surface area contributed by atoms with Gasteiger partial charge in [0.2, 0.25) is 11.8 Å². The number of carbonyl (C=O) groups is 2. The first-order chi connectivity index (χ1) is 13.1. The van der Waals surface area contributed by atoms with Crippen molar-refractivity contribution in [2.75, 3.05) is 23.7 Å². The summed E-state index contributed by atoms with van der Waals surface area (Å²) in [5, 5.41) is 2.89. The number of rotatable bonds is 6. The minimum atomic E-state index is -0.144. The van der Waals surface area contributed by atoms with Gasteiger partial charge in [-0.3, -0.25) is 9.59 Å². The Morgan fingerprint density at radius 3 is 2.74 bits per heavy atom. The van der Waals surface area contributed by atoms with E-state index in [0.717, 1.165) is 24.2 Å². The second kappa shape index (κ2) is 7.23. The highest BCUT2D eigenvalue weighted by Crippen LogP contribution is 2.54. The molecular formula is C21H22N4O2. The lowest BCUT2D eigenvalue weighted by molar-refractivity contribution is -0.119. The zero-order valence-electron chi connectivity index (χ0n) is 14.9. The Kier molecular flexibility index (Phi) is 4.62. The summed E-state index contributed by atoms with van der Waals surface area (Å²) >= 11 is 0. The molecule has 2 aliphatic rings. The van der Waals surface area contributed by atoms with Crippen molar-refractivity contribution in [3.63, 3.8) is 0 Å². The molecule has 6 nitrogen and oxygen atoms in total. The third-order valence-corrected chi connectivity index (χ3v) is 5.36. The number of fused-ring (bicyclic) bond motifs is 1. The van der Waals surface area contributed by atoms with Crippen molar-refractivity contribution >= 4 is 29.4 Å². The van der Waals surface area contributed by atoms with Crippen molar-refractivity contribution in [2.24, 2.45) is 17.8 Å². The molecule has 2 aromatic rings. The van der Waals surface area contributed by atoms with E-state index in [0.29, 0.717) is 24.2 Å². The summed E-state index contributed by atoms with van der Waals surface area (Å²) in [6, 6.07) is 13.3. The molecule has 1 saturated heterocycles. The zero-order valence-corrected chi connectivity index (χ0v) is 14.9. The largest absolute Gasteiger partial charge is 0.384 e. The van der Waals surface area contributed by atoms with E-state index in [9.17, 15) is 9.59 Å². The molecule has 2 fully saturated rings. The topological polar surface area (TPSA) is 88.3 Å². The lowest BCUT2D eigenvalue weighted by Gasteiger charge is -2.20. The van der Waals surface area contributed by atoms with Crippen LogP contribution in [0.25, 0.3) is 6.08 Å². The van der Waals surface area contributed by atoms with Crippen LogP contribution in [0, 0.1) is 17.8 Å². The molecule has 138 valence electrons. The fourth-order valence-corrected chi connectivity index (χ4v) is 3.88. The number of anilines is 2. The van der Waals surface area contributed by atoms with Crippen LogP contribution in [0.4, 0.5) is 11.5 Å². The Morgan fingerprint density at radius 1 is 1.26 bits per heavy atom. The van der Waals surface area contributed by atoms with Crippen molar-refractivity contribution in [1.82, 2.24) is 10.3 Å². The van der Waals surface area contributed by atoms with Crippen LogP contribution in [-0.4, -0.2) is 29.9 Å². The second-order valence-corrected chi connectivity index (χ2v) is 7.07. The summed E-state index contributed by atoms with van der Waals surface area (Å²) < 4.78 is 0. The van der Waals surface area contributed by atoms with Gasteiger partial charge in [0.1, 0.15) is 5.82 Å². The first-order valence-electron chi connectivity index (χ1n) is 9.17. The Balaban J connectivity index is 1.21. The number of benzene rings is 1. The number of hydrogen-bond acceptors (Lipinski definition) is 4. The zero-order chi connectivity index (χ0) is 18.8. The van der Waals surface area contributed by atoms with E-state index in [1.807, 2.05) is 41.3 Å². The number of pyridine rings is 1. The number of para-hydroxylation sites is 1. The smallest absolute Gasteiger partial charge is 0.244 e. The van der Waals surface area contributed by atoms with E-state index in [1.165, 1.54) is 6.08 Å². The third-order valence-electron chi connectivity index (χ3n) is 5.36. The van der Waals surface area contributed by atoms with Gasteiger partial charge in [-0.25, -0.2) is 4.98 Å². The molecule has 6 heteroatoms. The fourth-order valence-electron chi connectivity index (χ4n) is 3.88. The standard InChI is InChI=1S/C21H22N4O2/c22-18-8-6-14(12-24-18)7-9-19(26)23-11-10-16-17-13-25(21(27)20(16)17)15-4-2-1-3-5-15/h1-9,12,16-17,20H,10-11,13H2,(H2,22,24)(H,23,26)/b9-7+. The number of carbonyl (C=O) groups excluding carboxylic acids is 2. The van der Waals surface area contributed by atoms with Crippen molar-refractivity contribution in [3.05, 3.63) is 60.3 Å². The maximum absolute atomic E-state index is 12.6. The first-order valence-corrected chi connectivity index (χ1v) is 9.17. The van der Waals surface area contributed by atoms with Crippen LogP contribution in [0.1, 0.15) is 12.0 Å². The van der Waals surface area contributed by atoms with E-state index in [2.05, 4.69) is 10.3 Å². The maximum Gasteiger partial charge on any atom is 0.244 e. The van der Waals surface area contributed by atoms with Crippen LogP contribution in [0.15, 0.2) is 54.7 Å². The summed E-state index contributed by atoms with van der Waals surface area (Å²) in [6.45, 7) is 1.37. The number of nitrogens with one attached hydrogen (secondary N) is 1. The van der Waals surface area contributed by atoms with Gasteiger partial charge in [0.15, 0.2) is 0 Å². The summed E-state index contributed by atoms with van der Waals surface area (Å²) in [7, 11) is 0. The van der Waals surface area contributed by atoms with Crippen LogP contribution >= 0.6 is 0 Å². The molecule has 0 bridgehead atoms. The Hall–Kier alpha value is -3.15. The molecule has 2 amide bonds. The summed E-state index contributed by atoms with van der Waals surface area (Å²) in [5.41, 5.74) is 7.33. The molecule has 4 rings (SSSR count). The number of nitrogen functional groups attached to an aromatic ring is 1. The third kappa shape index (κ3) is 3.69. The quantitative estimate of drug-likeness (QED) is 0.770. The molecule has 27 heavy (non-hydrogen) atoms. The number of nitrogens with zero attached hydrogens (tertiary/aromatic N) is 2. The van der Waals surface area contributed by atoms with Crippen molar-refractivity contribution in [2.45, 2.75) is 6.42 Å². The number of piperidine rings is 1. The molecule has 3 unspecified atom stereocenters. The molecular weight excluding hydrogens is 340 g/mol. The predicted octanol–water partition coefficient (Wildman–Crippen LogP) is 2.09. The van der Waals surface area contributed by atoms with Gasteiger partial charge in [-0.2, -0.15) is 0 Å². The molecule has 1 aliphatic heterocycles. The number of hydrogen-bond donors (Lipinski definition) is 2. The Bertz CT molecular complexity index is 864. The molecule has 1 aromatic carbocycles. The monoisotopic (exact) mass is 362 g/mol. The molecule has 0 spiro atoms. The molecule has 3 N–H and O–H groups in total. The van der Waals surface area contributed by atoms with Gasteiger partial charge in [-0.05, 0) is 54.2 Å². The van der Waals surface area contributed by atoms with Crippen LogP contribution < -0.4 is 16.0 Å². The van der Waals surface area contributed by atoms with E-state index in [-0.39, 0.29) is 17.7 Å². The highest BCUT2D eigenvalue weighted by molar-refractivity contribution is 6.00. The molecule has 0 radical (unpaired) electrons. The fraction of sp³-hybridized carbons (Fsp3) is 0.286. The molecule has 1 aromatic heterocycles. The molecule has 2 heterocycles. The minimum Gasteiger partial charge on any atom is -0.384 e. The van der Waals surface area contributed by atoms with Gasteiger partial charge in [0.05, 0.1) is 0 Å². The van der Waals surface area contributed by atoms with Crippen LogP contribution in [-0.2, 0) is 9.59 Å². The molecule has 3 atom stereocenters. The van der Waals surface area contributed by atoms with Gasteiger partial charge in [0, 0.05) is 37.0 Å². The van der Waals surface area contributed by atoms with Crippen LogP contribution in [0.2, 0.25) is 0 Å². The second-order valence-electron chi connectivity index (χ2n) is 7.07. The number of aromatic nitrogens is 1. The van der Waals surface area contributed by atoms with Gasteiger partial charge in [-0.1, -0.05) is 18.2 Å². The normalized spacial score (nSPS) is 23.5. The van der Waals surface area contributed by atoms with Crippen molar-refractivity contribution in [3.8, 4) is 0 Å². The summed E-state index contributed by atoms with van der Waals surface area (Å²) in [5.74, 6) is 1.47. The van der Waals surface area contributed by atoms with E-state index in [1.54, 1.807) is 18.3 Å². The SMILES string of the molecule is Nc1ccc(/C=C/C(=O)NCCC2C3CN(c4ccccc4)C(=O)C23)cn1. The lowest BCUT2D eigenvalue weighted by Crippen LogP contribution is -2.30. The van der Waals surface area contributed by atoms with Crippen LogP contribution in [0.3, 0.4) is 0 Å². The highest BCUT2D eigenvalue weighted by Gasteiger charge is 2.60.